The van der Waals surface area contributed by atoms with Crippen LogP contribution in [0.3, 0.4) is 0 Å². The lowest BCUT2D eigenvalue weighted by Gasteiger charge is -2.43. The fourth-order valence-corrected chi connectivity index (χ4v) is 6.56. The van der Waals surface area contributed by atoms with Gasteiger partial charge >= 0.3 is 11.9 Å². The van der Waals surface area contributed by atoms with Crippen LogP contribution < -0.4 is 15.8 Å². The van der Waals surface area contributed by atoms with Crippen LogP contribution in [-0.2, 0) is 16.8 Å². The summed E-state index contributed by atoms with van der Waals surface area (Å²) >= 11 is 1.56. The van der Waals surface area contributed by atoms with Crippen molar-refractivity contribution in [1.82, 2.24) is 20.4 Å². The number of nitrogens with one attached hydrogen (secondary N) is 2. The molecule has 0 unspecified atom stereocenters. The van der Waals surface area contributed by atoms with Gasteiger partial charge in [0.15, 0.2) is 5.82 Å². The lowest BCUT2D eigenvalue weighted by molar-refractivity contribution is -0.136. The van der Waals surface area contributed by atoms with Crippen LogP contribution >= 0.6 is 11.3 Å². The van der Waals surface area contributed by atoms with Crippen molar-refractivity contribution in [3.8, 4) is 5.75 Å². The molecular formula is C26H25F3N4O4S. The van der Waals surface area contributed by atoms with E-state index in [1.165, 1.54) is 4.88 Å². The van der Waals surface area contributed by atoms with E-state index in [9.17, 15) is 22.8 Å². The molecule has 1 aliphatic heterocycles. The lowest BCUT2D eigenvalue weighted by Crippen LogP contribution is -2.51. The van der Waals surface area contributed by atoms with Crippen molar-refractivity contribution >= 4 is 28.4 Å². The average Bonchev–Trinajstić information content (AvgIpc) is 3.44. The van der Waals surface area contributed by atoms with Gasteiger partial charge in [-0.1, -0.05) is 11.2 Å². The van der Waals surface area contributed by atoms with Crippen molar-refractivity contribution in [3.05, 3.63) is 61.8 Å². The van der Waals surface area contributed by atoms with Gasteiger partial charge in [-0.05, 0) is 67.7 Å². The van der Waals surface area contributed by atoms with Crippen LogP contribution in [0.25, 0.3) is 11.1 Å². The molecule has 1 atom stereocenters. The molecule has 1 aromatic carbocycles. The first kappa shape index (κ1) is 24.9. The van der Waals surface area contributed by atoms with Crippen LogP contribution in [0.5, 0.6) is 5.75 Å². The zero-order valence-electron chi connectivity index (χ0n) is 20.3. The molecule has 3 aromatic rings. The maximum atomic E-state index is 13.6. The summed E-state index contributed by atoms with van der Waals surface area (Å²) in [5, 5.41) is 7.69. The third-order valence-corrected chi connectivity index (χ3v) is 8.53. The Hall–Kier alpha value is -3.41. The van der Waals surface area contributed by atoms with Crippen LogP contribution in [0, 0.1) is 0 Å². The minimum atomic E-state index is -4.20. The number of fused-ring (bicyclic) bond motifs is 2. The van der Waals surface area contributed by atoms with E-state index in [0.717, 1.165) is 41.8 Å². The molecule has 6 rings (SSSR count). The largest absolute Gasteiger partial charge is 0.494 e. The predicted octanol–water partition coefficient (Wildman–Crippen LogP) is 5.08. The Bertz CT molecular complexity index is 1470. The first-order chi connectivity index (χ1) is 18.2. The van der Waals surface area contributed by atoms with Crippen LogP contribution in [-0.4, -0.2) is 33.8 Å². The molecule has 0 radical (unpaired) electrons. The maximum Gasteiger partial charge on any atom is 0.439 e. The standard InChI is InChI=1S/C26H25F3N4O4S/c27-26(28,29)9-2-10-36-16-6-7-18-15(11-16)3-1-8-25(18)12-17(23-30-13-19(38-23)14-4-5-14)20(22(34)32-25)21-31-24(35)37-33-21/h6-7,11,13-14H,1-5,8-10,12H2,(H,32,34)(H,31,33,35)/t25-/m0/s1. The van der Waals surface area contributed by atoms with E-state index in [1.807, 2.05) is 18.3 Å². The zero-order valence-corrected chi connectivity index (χ0v) is 21.1. The number of rotatable bonds is 7. The summed E-state index contributed by atoms with van der Waals surface area (Å²) in [4.78, 5) is 33.7. The molecule has 38 heavy (non-hydrogen) atoms. The Balaban J connectivity index is 1.33. The third-order valence-electron chi connectivity index (χ3n) is 7.31. The number of benzene rings is 1. The minimum Gasteiger partial charge on any atom is -0.494 e. The summed E-state index contributed by atoms with van der Waals surface area (Å²) in [5.41, 5.74) is 2.18. The quantitative estimate of drug-likeness (QED) is 0.400. The number of ether oxygens (including phenoxy) is 1. The smallest absolute Gasteiger partial charge is 0.439 e. The highest BCUT2D eigenvalue weighted by Crippen LogP contribution is 2.49. The highest BCUT2D eigenvalue weighted by Gasteiger charge is 2.45. The first-order valence-electron chi connectivity index (χ1n) is 12.6. The van der Waals surface area contributed by atoms with E-state index >= 15 is 0 Å². The molecule has 2 aliphatic carbocycles. The molecule has 0 saturated heterocycles. The van der Waals surface area contributed by atoms with Crippen molar-refractivity contribution < 1.29 is 27.2 Å². The Kier molecular flexibility index (Phi) is 6.16. The maximum absolute atomic E-state index is 13.6. The van der Waals surface area contributed by atoms with E-state index in [-0.39, 0.29) is 30.3 Å². The average molecular weight is 547 g/mol. The number of H-pyrrole nitrogens is 1. The molecule has 2 N–H and O–H groups in total. The molecule has 0 bridgehead atoms. The van der Waals surface area contributed by atoms with Crippen LogP contribution in [0.4, 0.5) is 13.2 Å². The summed E-state index contributed by atoms with van der Waals surface area (Å²) in [6.45, 7) is -0.0281. The van der Waals surface area contributed by atoms with E-state index in [2.05, 4.69) is 20.4 Å². The number of aryl methyl sites for hydroxylation is 1. The Labute approximate surface area is 219 Å². The molecule has 3 heterocycles. The minimum absolute atomic E-state index is 0.0281. The monoisotopic (exact) mass is 546 g/mol. The number of aromatic amines is 1. The van der Waals surface area contributed by atoms with Gasteiger partial charge in [-0.25, -0.2) is 9.78 Å². The van der Waals surface area contributed by atoms with E-state index in [4.69, 9.17) is 9.26 Å². The fourth-order valence-electron chi connectivity index (χ4n) is 5.43. The van der Waals surface area contributed by atoms with Gasteiger partial charge in [-0.2, -0.15) is 13.2 Å². The summed E-state index contributed by atoms with van der Waals surface area (Å²) in [6, 6.07) is 5.50. The van der Waals surface area contributed by atoms with Crippen LogP contribution in [0.15, 0.2) is 33.7 Å². The Morgan fingerprint density at radius 3 is 2.82 bits per heavy atom. The second kappa shape index (κ2) is 9.40. The molecule has 3 aliphatic rings. The van der Waals surface area contributed by atoms with Gasteiger partial charge in [0.25, 0.3) is 5.91 Å². The second-order valence-electron chi connectivity index (χ2n) is 10.1. The van der Waals surface area contributed by atoms with Gasteiger partial charge in [0.05, 0.1) is 17.7 Å². The molecule has 1 spiro atoms. The second-order valence-corrected chi connectivity index (χ2v) is 11.2. The van der Waals surface area contributed by atoms with Crippen molar-refractivity contribution in [2.24, 2.45) is 0 Å². The molecule has 2 aromatic heterocycles. The number of thiazole rings is 1. The lowest BCUT2D eigenvalue weighted by atomic mass is 9.70. The topological polar surface area (TPSA) is 110 Å². The molecule has 1 amide bonds. The van der Waals surface area contributed by atoms with Gasteiger partial charge < -0.3 is 10.1 Å². The van der Waals surface area contributed by atoms with Crippen molar-refractivity contribution in [1.29, 1.82) is 0 Å². The van der Waals surface area contributed by atoms with Gasteiger partial charge in [-0.15, -0.1) is 11.3 Å². The van der Waals surface area contributed by atoms with Crippen LogP contribution in [0.2, 0.25) is 0 Å². The highest BCUT2D eigenvalue weighted by molar-refractivity contribution is 7.13. The summed E-state index contributed by atoms with van der Waals surface area (Å²) < 4.78 is 47.7. The van der Waals surface area contributed by atoms with Gasteiger partial charge in [0, 0.05) is 29.5 Å². The number of carbonyl (C=O) groups excluding carboxylic acids is 1. The molecule has 200 valence electrons. The van der Waals surface area contributed by atoms with E-state index in [1.54, 1.807) is 17.4 Å². The number of nitrogens with zero attached hydrogens (tertiary/aromatic N) is 2. The number of amides is 1. The number of hydrogen-bond acceptors (Lipinski definition) is 7. The van der Waals surface area contributed by atoms with Gasteiger partial charge in [0.2, 0.25) is 0 Å². The number of alkyl halides is 3. The van der Waals surface area contributed by atoms with Crippen molar-refractivity contribution in [2.75, 3.05) is 6.61 Å². The van der Waals surface area contributed by atoms with Gasteiger partial charge in [0.1, 0.15) is 10.8 Å². The normalized spacial score (nSPS) is 21.5. The number of aromatic nitrogens is 3. The molecule has 12 heteroatoms. The SMILES string of the molecule is O=C1N[C@@]2(CCCc3cc(OCCCC(F)(F)F)ccc32)CC(c2ncc(C3CC3)s2)=C1c1noc(=O)[nH]1. The highest BCUT2D eigenvalue weighted by atomic mass is 32.1. The Morgan fingerprint density at radius 2 is 2.08 bits per heavy atom. The summed E-state index contributed by atoms with van der Waals surface area (Å²) in [7, 11) is 0. The van der Waals surface area contributed by atoms with Gasteiger partial charge in [-0.3, -0.25) is 14.3 Å². The number of halogens is 3. The molecule has 1 fully saturated rings. The van der Waals surface area contributed by atoms with Crippen molar-refractivity contribution in [2.45, 2.75) is 69.0 Å². The number of hydrogen-bond donors (Lipinski definition) is 2. The zero-order chi connectivity index (χ0) is 26.5. The molecular weight excluding hydrogens is 521 g/mol. The van der Waals surface area contributed by atoms with E-state index < -0.39 is 23.9 Å². The van der Waals surface area contributed by atoms with E-state index in [0.29, 0.717) is 30.1 Å². The van der Waals surface area contributed by atoms with Crippen LogP contribution in [0.1, 0.15) is 77.7 Å². The number of carbonyl (C=O) groups is 1. The summed E-state index contributed by atoms with van der Waals surface area (Å²) in [5.74, 6) is -0.0359. The Morgan fingerprint density at radius 1 is 1.24 bits per heavy atom. The van der Waals surface area contributed by atoms with Crippen molar-refractivity contribution in [3.63, 3.8) is 0 Å². The predicted molar refractivity (Wildman–Crippen MR) is 133 cm³/mol. The molecule has 1 saturated carbocycles. The third kappa shape index (κ3) is 4.89. The first-order valence-corrected chi connectivity index (χ1v) is 13.4. The molecule has 8 nitrogen and oxygen atoms in total. The summed E-state index contributed by atoms with van der Waals surface area (Å²) in [6.07, 6.45) is 1.63. The fraction of sp³-hybridized carbons (Fsp3) is 0.462.